The van der Waals surface area contributed by atoms with Gasteiger partial charge in [-0.2, -0.15) is 0 Å². The van der Waals surface area contributed by atoms with Crippen molar-refractivity contribution < 1.29 is 43.5 Å². The number of allylic oxidation sites excluding steroid dienone is 3. The molecule has 1 rings (SSSR count). The van der Waals surface area contributed by atoms with E-state index in [4.69, 9.17) is 5.73 Å². The minimum atomic E-state index is -1.38. The molecule has 3 unspecified atom stereocenters. The molecule has 0 aromatic carbocycles. The summed E-state index contributed by atoms with van der Waals surface area (Å²) in [5.41, 5.74) is 5.89. The van der Waals surface area contributed by atoms with Gasteiger partial charge >= 0.3 is 5.97 Å². The Morgan fingerprint density at radius 1 is 0.933 bits per heavy atom. The molecular formula is C28H42BrN7O9. The summed E-state index contributed by atoms with van der Waals surface area (Å²) in [6.45, 7) is 2.87. The van der Waals surface area contributed by atoms with Gasteiger partial charge in [0, 0.05) is 32.4 Å². The Bertz CT molecular complexity index is 1190. The first-order valence-electron chi connectivity index (χ1n) is 14.3. The molecule has 0 aromatic heterocycles. The number of primary amides is 1. The fraction of sp³-hybridized carbons (Fsp3) is 0.571. The SMILES string of the molecule is CC(=O)NC(CCC(N)=O)C(=O)NCC(=O)NC(CNC(=O)CBr)C(=O)NCC(=O)N(C(C)C)C(CC1=CCCC=C1)C(=O)O. The fourth-order valence-corrected chi connectivity index (χ4v) is 4.55. The van der Waals surface area contributed by atoms with Crippen molar-refractivity contribution in [1.29, 1.82) is 0 Å². The number of nitrogens with two attached hydrogens (primary N) is 1. The zero-order chi connectivity index (χ0) is 34.1. The van der Waals surface area contributed by atoms with Gasteiger partial charge in [0.25, 0.3) is 0 Å². The molecule has 0 radical (unpaired) electrons. The van der Waals surface area contributed by atoms with Crippen LogP contribution in [0.15, 0.2) is 23.8 Å². The standard InChI is InChI=1S/C28H42BrN7O9/c1-16(2)36(21(28(44)45)11-18-7-5-4-6-8-18)25(41)15-33-27(43)20(13-31-23(39)12-29)35-24(40)14-32-26(42)19(34-17(3)37)9-10-22(30)38/h5,7-8,16,19-21H,4,6,9-15H2,1-3H3,(H2,30,38)(H,31,39)(H,32,42)(H,33,43)(H,34,37)(H,35,40)(H,44,45). The molecule has 8 N–H and O–H groups in total. The number of carboxylic acids is 1. The minimum absolute atomic E-state index is 0.0814. The van der Waals surface area contributed by atoms with E-state index in [0.717, 1.165) is 18.4 Å². The fourth-order valence-electron chi connectivity index (χ4n) is 4.36. The van der Waals surface area contributed by atoms with Crippen molar-refractivity contribution in [2.24, 2.45) is 5.73 Å². The second-order valence-electron chi connectivity index (χ2n) is 10.5. The third-order valence-corrected chi connectivity index (χ3v) is 6.96. The molecule has 45 heavy (non-hydrogen) atoms. The maximum Gasteiger partial charge on any atom is 0.326 e. The van der Waals surface area contributed by atoms with Crippen molar-refractivity contribution in [3.63, 3.8) is 0 Å². The zero-order valence-electron chi connectivity index (χ0n) is 25.5. The Kier molecular flexibility index (Phi) is 17.1. The van der Waals surface area contributed by atoms with Crippen LogP contribution in [0.4, 0.5) is 0 Å². The van der Waals surface area contributed by atoms with E-state index < -0.39 is 84.6 Å². The van der Waals surface area contributed by atoms with E-state index in [9.17, 15) is 43.5 Å². The maximum absolute atomic E-state index is 13.2. The van der Waals surface area contributed by atoms with Crippen LogP contribution in [0.2, 0.25) is 0 Å². The van der Waals surface area contributed by atoms with Crippen LogP contribution in [0, 0.1) is 0 Å². The molecule has 0 saturated heterocycles. The lowest BCUT2D eigenvalue weighted by Gasteiger charge is -2.33. The Morgan fingerprint density at radius 3 is 2.11 bits per heavy atom. The van der Waals surface area contributed by atoms with Gasteiger partial charge in [0.15, 0.2) is 0 Å². The van der Waals surface area contributed by atoms with Crippen molar-refractivity contribution in [2.45, 2.75) is 77.0 Å². The Labute approximate surface area is 269 Å². The molecule has 0 spiro atoms. The third kappa shape index (κ3) is 14.8. The van der Waals surface area contributed by atoms with Crippen LogP contribution in [-0.2, 0) is 38.4 Å². The highest BCUT2D eigenvalue weighted by atomic mass is 79.9. The van der Waals surface area contributed by atoms with Crippen molar-refractivity contribution in [2.75, 3.05) is 25.0 Å². The monoisotopic (exact) mass is 699 g/mol. The normalized spacial score (nSPS) is 14.2. The number of carbonyl (C=O) groups excluding carboxylic acids is 7. The summed E-state index contributed by atoms with van der Waals surface area (Å²) >= 11 is 2.97. The molecule has 3 atom stereocenters. The first-order chi connectivity index (χ1) is 21.2. The van der Waals surface area contributed by atoms with Gasteiger partial charge in [0.05, 0.1) is 18.4 Å². The van der Waals surface area contributed by atoms with Crippen LogP contribution in [0.3, 0.4) is 0 Å². The molecule has 0 aromatic rings. The molecule has 1 aliphatic carbocycles. The van der Waals surface area contributed by atoms with E-state index in [2.05, 4.69) is 42.5 Å². The van der Waals surface area contributed by atoms with Gasteiger partial charge in [-0.25, -0.2) is 4.79 Å². The number of alkyl halides is 1. The summed E-state index contributed by atoms with van der Waals surface area (Å²) in [5, 5.41) is 21.6. The Hall–Kier alpha value is -4.28. The number of nitrogens with one attached hydrogen (secondary N) is 5. The average Bonchev–Trinajstić information content (AvgIpc) is 2.98. The van der Waals surface area contributed by atoms with E-state index in [-0.39, 0.29) is 31.1 Å². The molecule has 16 nitrogen and oxygen atoms in total. The van der Waals surface area contributed by atoms with Gasteiger partial charge < -0.3 is 42.3 Å². The summed E-state index contributed by atoms with van der Waals surface area (Å²) in [7, 11) is 0. The van der Waals surface area contributed by atoms with Crippen molar-refractivity contribution in [1.82, 2.24) is 31.5 Å². The highest BCUT2D eigenvalue weighted by Gasteiger charge is 2.33. The molecule has 0 aliphatic heterocycles. The third-order valence-electron chi connectivity index (χ3n) is 6.45. The number of hydrogen-bond acceptors (Lipinski definition) is 8. The first kappa shape index (κ1) is 38.7. The number of halogens is 1. The van der Waals surface area contributed by atoms with E-state index in [1.807, 2.05) is 18.2 Å². The first-order valence-corrected chi connectivity index (χ1v) is 15.4. The van der Waals surface area contributed by atoms with Crippen LogP contribution in [0.25, 0.3) is 0 Å². The lowest BCUT2D eigenvalue weighted by atomic mass is 9.98. The van der Waals surface area contributed by atoms with Crippen LogP contribution in [0.1, 0.15) is 52.9 Å². The van der Waals surface area contributed by atoms with E-state index >= 15 is 0 Å². The average molecular weight is 701 g/mol. The van der Waals surface area contributed by atoms with Crippen molar-refractivity contribution in [3.05, 3.63) is 23.8 Å². The lowest BCUT2D eigenvalue weighted by molar-refractivity contribution is -0.151. The molecule has 1 aliphatic rings. The second kappa shape index (κ2) is 19.9. The highest BCUT2D eigenvalue weighted by molar-refractivity contribution is 9.09. The van der Waals surface area contributed by atoms with Gasteiger partial charge in [0.2, 0.25) is 41.4 Å². The molecule has 17 heteroatoms. The van der Waals surface area contributed by atoms with Crippen molar-refractivity contribution in [3.8, 4) is 0 Å². The lowest BCUT2D eigenvalue weighted by Crippen LogP contribution is -2.57. The van der Waals surface area contributed by atoms with Crippen LogP contribution >= 0.6 is 15.9 Å². The smallest absolute Gasteiger partial charge is 0.326 e. The predicted molar refractivity (Wildman–Crippen MR) is 165 cm³/mol. The van der Waals surface area contributed by atoms with Gasteiger partial charge in [0.1, 0.15) is 18.1 Å². The largest absolute Gasteiger partial charge is 0.480 e. The number of hydrogen-bond donors (Lipinski definition) is 7. The van der Waals surface area contributed by atoms with Gasteiger partial charge in [-0.3, -0.25) is 33.6 Å². The Balaban J connectivity index is 2.93. The minimum Gasteiger partial charge on any atom is -0.480 e. The van der Waals surface area contributed by atoms with Crippen LogP contribution < -0.4 is 32.3 Å². The molecule has 250 valence electrons. The number of aliphatic carboxylic acids is 1. The zero-order valence-corrected chi connectivity index (χ0v) is 27.1. The number of carbonyl (C=O) groups is 8. The molecule has 0 bridgehead atoms. The summed E-state index contributed by atoms with van der Waals surface area (Å²) in [5.74, 6) is -6.10. The predicted octanol–water partition coefficient (Wildman–Crippen LogP) is -1.66. The molecule has 0 heterocycles. The summed E-state index contributed by atoms with van der Waals surface area (Å²) in [6.07, 6.45) is 7.04. The quantitative estimate of drug-likeness (QED) is 0.0762. The van der Waals surface area contributed by atoms with Gasteiger partial charge in [-0.15, -0.1) is 0 Å². The summed E-state index contributed by atoms with van der Waals surface area (Å²) in [6, 6.07) is -4.24. The van der Waals surface area contributed by atoms with Gasteiger partial charge in [-0.05, 0) is 38.7 Å². The number of nitrogens with zero attached hydrogens (tertiary/aromatic N) is 1. The summed E-state index contributed by atoms with van der Waals surface area (Å²) in [4.78, 5) is 99.0. The van der Waals surface area contributed by atoms with E-state index in [1.165, 1.54) is 11.8 Å². The van der Waals surface area contributed by atoms with E-state index in [0.29, 0.717) is 0 Å². The molecule has 0 fully saturated rings. The molecular weight excluding hydrogens is 658 g/mol. The number of amides is 7. The summed E-state index contributed by atoms with van der Waals surface area (Å²) < 4.78 is 0. The molecule has 7 amide bonds. The van der Waals surface area contributed by atoms with Gasteiger partial charge in [-0.1, -0.05) is 34.2 Å². The highest BCUT2D eigenvalue weighted by Crippen LogP contribution is 2.20. The maximum atomic E-state index is 13.2. The Morgan fingerprint density at radius 2 is 1.58 bits per heavy atom. The van der Waals surface area contributed by atoms with E-state index in [1.54, 1.807) is 13.8 Å². The van der Waals surface area contributed by atoms with Crippen LogP contribution in [-0.4, -0.2) is 106 Å². The second-order valence-corrected chi connectivity index (χ2v) is 11.0. The van der Waals surface area contributed by atoms with Crippen LogP contribution in [0.5, 0.6) is 0 Å². The topological polar surface area (TPSA) is 246 Å². The molecule has 0 saturated carbocycles. The number of carboxylic acid groups (broad SMARTS) is 1. The van der Waals surface area contributed by atoms with Crippen molar-refractivity contribution >= 4 is 63.2 Å². The number of rotatable bonds is 19.